The first kappa shape index (κ1) is 15.8. The Kier molecular flexibility index (Phi) is 8.90. The third kappa shape index (κ3) is 8.49. The van der Waals surface area contributed by atoms with E-state index in [1.54, 1.807) is 0 Å². The monoisotopic (exact) mass is 265 g/mol. The van der Waals surface area contributed by atoms with Crippen LogP contribution in [0.4, 0.5) is 5.69 Å². The Hall–Kier alpha value is -1.22. The van der Waals surface area contributed by atoms with Crippen molar-refractivity contribution >= 4 is 5.69 Å². The lowest BCUT2D eigenvalue weighted by molar-refractivity contribution is 0.282. The van der Waals surface area contributed by atoms with E-state index in [9.17, 15) is 0 Å². The summed E-state index contributed by atoms with van der Waals surface area (Å²) in [5, 5.41) is 8.65. The number of anilines is 1. The first-order valence-electron chi connectivity index (χ1n) is 7.42. The molecular weight excluding hydrogens is 238 g/mol. The number of aliphatic hydroxyl groups excluding tert-OH is 1. The van der Waals surface area contributed by atoms with Gasteiger partial charge in [-0.3, -0.25) is 0 Å². The highest BCUT2D eigenvalue weighted by molar-refractivity contribution is 5.41. The highest BCUT2D eigenvalue weighted by Gasteiger charge is 1.95. The number of ether oxygens (including phenoxy) is 1. The lowest BCUT2D eigenvalue weighted by Gasteiger charge is -2.06. The smallest absolute Gasteiger partial charge is 0.119 e. The van der Waals surface area contributed by atoms with E-state index >= 15 is 0 Å². The SMILES string of the molecule is Nc1ccc(OCCCCCCCCCCO)cc1. The molecule has 0 spiro atoms. The Labute approximate surface area is 116 Å². The van der Waals surface area contributed by atoms with Crippen LogP contribution in [0.5, 0.6) is 5.75 Å². The normalized spacial score (nSPS) is 10.6. The topological polar surface area (TPSA) is 55.5 Å². The molecule has 0 aliphatic rings. The molecule has 108 valence electrons. The number of rotatable bonds is 11. The molecule has 3 nitrogen and oxygen atoms in total. The largest absolute Gasteiger partial charge is 0.494 e. The second-order valence-electron chi connectivity index (χ2n) is 4.97. The van der Waals surface area contributed by atoms with Gasteiger partial charge in [0.2, 0.25) is 0 Å². The van der Waals surface area contributed by atoms with E-state index in [0.29, 0.717) is 6.61 Å². The van der Waals surface area contributed by atoms with Crippen LogP contribution in [-0.4, -0.2) is 18.3 Å². The van der Waals surface area contributed by atoms with Gasteiger partial charge in [-0.2, -0.15) is 0 Å². The molecule has 0 fully saturated rings. The van der Waals surface area contributed by atoms with E-state index in [4.69, 9.17) is 15.6 Å². The van der Waals surface area contributed by atoms with Gasteiger partial charge in [0.15, 0.2) is 0 Å². The number of benzene rings is 1. The number of hydrogen-bond acceptors (Lipinski definition) is 3. The summed E-state index contributed by atoms with van der Waals surface area (Å²) in [6.45, 7) is 1.12. The van der Waals surface area contributed by atoms with E-state index in [2.05, 4.69) is 0 Å². The molecule has 0 saturated carbocycles. The molecule has 1 aromatic carbocycles. The molecule has 19 heavy (non-hydrogen) atoms. The van der Waals surface area contributed by atoms with Gasteiger partial charge in [-0.05, 0) is 37.1 Å². The zero-order chi connectivity index (χ0) is 13.8. The molecule has 1 aromatic rings. The van der Waals surface area contributed by atoms with Crippen molar-refractivity contribution in [1.29, 1.82) is 0 Å². The van der Waals surface area contributed by atoms with Crippen molar-refractivity contribution in [1.82, 2.24) is 0 Å². The van der Waals surface area contributed by atoms with Gasteiger partial charge in [0.05, 0.1) is 6.61 Å². The Balaban J connectivity index is 1.87. The molecule has 0 unspecified atom stereocenters. The summed E-state index contributed by atoms with van der Waals surface area (Å²) in [7, 11) is 0. The van der Waals surface area contributed by atoms with Crippen LogP contribution in [0.25, 0.3) is 0 Å². The average Bonchev–Trinajstić information content (AvgIpc) is 2.43. The summed E-state index contributed by atoms with van der Waals surface area (Å²) in [4.78, 5) is 0. The summed E-state index contributed by atoms with van der Waals surface area (Å²) in [5.74, 6) is 0.901. The second kappa shape index (κ2) is 10.7. The highest BCUT2D eigenvalue weighted by Crippen LogP contribution is 2.14. The van der Waals surface area contributed by atoms with Gasteiger partial charge in [0.1, 0.15) is 5.75 Å². The number of nitrogens with two attached hydrogens (primary N) is 1. The van der Waals surface area contributed by atoms with Crippen LogP contribution in [0.1, 0.15) is 51.4 Å². The Bertz CT molecular complexity index is 311. The molecule has 0 aliphatic carbocycles. The number of nitrogen functional groups attached to an aromatic ring is 1. The molecule has 0 aliphatic heterocycles. The summed E-state index contributed by atoms with van der Waals surface area (Å²) in [6, 6.07) is 7.55. The summed E-state index contributed by atoms with van der Waals surface area (Å²) in [6.07, 6.45) is 9.58. The van der Waals surface area contributed by atoms with Crippen LogP contribution in [0.15, 0.2) is 24.3 Å². The minimum absolute atomic E-state index is 0.336. The summed E-state index contributed by atoms with van der Waals surface area (Å²) >= 11 is 0. The molecule has 0 heterocycles. The third-order valence-corrected chi connectivity index (χ3v) is 3.20. The van der Waals surface area contributed by atoms with Crippen LogP contribution >= 0.6 is 0 Å². The molecule has 0 saturated heterocycles. The number of hydrogen-bond donors (Lipinski definition) is 2. The van der Waals surface area contributed by atoms with Crippen LogP contribution in [-0.2, 0) is 0 Å². The van der Waals surface area contributed by atoms with Gasteiger partial charge in [0.25, 0.3) is 0 Å². The predicted octanol–water partition coefficient (Wildman–Crippen LogP) is 3.76. The van der Waals surface area contributed by atoms with E-state index in [-0.39, 0.29) is 0 Å². The van der Waals surface area contributed by atoms with Crippen molar-refractivity contribution in [2.75, 3.05) is 18.9 Å². The maximum atomic E-state index is 8.65. The predicted molar refractivity (Wildman–Crippen MR) is 80.4 cm³/mol. The van der Waals surface area contributed by atoms with Crippen molar-refractivity contribution in [2.45, 2.75) is 51.4 Å². The van der Waals surface area contributed by atoms with Gasteiger partial charge in [-0.15, -0.1) is 0 Å². The van der Waals surface area contributed by atoms with E-state index in [1.165, 1.54) is 32.1 Å². The molecular formula is C16H27NO2. The van der Waals surface area contributed by atoms with Crippen molar-refractivity contribution in [3.05, 3.63) is 24.3 Å². The van der Waals surface area contributed by atoms with E-state index < -0.39 is 0 Å². The maximum Gasteiger partial charge on any atom is 0.119 e. The van der Waals surface area contributed by atoms with Gasteiger partial charge in [-0.1, -0.05) is 38.5 Å². The molecule has 3 N–H and O–H groups in total. The van der Waals surface area contributed by atoms with Crippen LogP contribution in [0.2, 0.25) is 0 Å². The van der Waals surface area contributed by atoms with Gasteiger partial charge in [-0.25, -0.2) is 0 Å². The summed E-state index contributed by atoms with van der Waals surface area (Å²) < 4.78 is 5.64. The molecule has 0 atom stereocenters. The van der Waals surface area contributed by atoms with E-state index in [1.807, 2.05) is 24.3 Å². The molecule has 0 aromatic heterocycles. The van der Waals surface area contributed by atoms with E-state index in [0.717, 1.165) is 37.3 Å². The van der Waals surface area contributed by atoms with Crippen molar-refractivity contribution in [3.8, 4) is 5.75 Å². The molecule has 0 amide bonds. The molecule has 1 rings (SSSR count). The first-order chi connectivity index (χ1) is 9.33. The fourth-order valence-electron chi connectivity index (χ4n) is 2.03. The lowest BCUT2D eigenvalue weighted by atomic mass is 10.1. The van der Waals surface area contributed by atoms with Gasteiger partial charge >= 0.3 is 0 Å². The standard InChI is InChI=1S/C16H27NO2/c17-15-9-11-16(12-10-15)19-14-8-6-4-2-1-3-5-7-13-18/h9-12,18H,1-8,13-14,17H2. The van der Waals surface area contributed by atoms with Gasteiger partial charge < -0.3 is 15.6 Å². The van der Waals surface area contributed by atoms with Crippen LogP contribution in [0, 0.1) is 0 Å². The zero-order valence-corrected chi connectivity index (χ0v) is 11.8. The van der Waals surface area contributed by atoms with Crippen molar-refractivity contribution < 1.29 is 9.84 Å². The quantitative estimate of drug-likeness (QED) is 0.473. The van der Waals surface area contributed by atoms with Crippen LogP contribution in [0.3, 0.4) is 0 Å². The average molecular weight is 265 g/mol. The Morgan fingerprint density at radius 3 is 1.89 bits per heavy atom. The van der Waals surface area contributed by atoms with Crippen LogP contribution < -0.4 is 10.5 Å². The zero-order valence-electron chi connectivity index (χ0n) is 11.8. The fraction of sp³-hybridized carbons (Fsp3) is 0.625. The maximum absolute atomic E-state index is 8.65. The molecule has 0 radical (unpaired) electrons. The van der Waals surface area contributed by atoms with Crippen molar-refractivity contribution in [2.24, 2.45) is 0 Å². The first-order valence-corrected chi connectivity index (χ1v) is 7.42. The summed E-state index contributed by atoms with van der Waals surface area (Å²) in [5.41, 5.74) is 6.38. The molecule has 3 heteroatoms. The van der Waals surface area contributed by atoms with Crippen molar-refractivity contribution in [3.63, 3.8) is 0 Å². The minimum atomic E-state index is 0.336. The number of unbranched alkanes of at least 4 members (excludes halogenated alkanes) is 7. The second-order valence-corrected chi connectivity index (χ2v) is 4.97. The lowest BCUT2D eigenvalue weighted by Crippen LogP contribution is -1.97. The number of aliphatic hydroxyl groups is 1. The highest BCUT2D eigenvalue weighted by atomic mass is 16.5. The fourth-order valence-corrected chi connectivity index (χ4v) is 2.03. The van der Waals surface area contributed by atoms with Gasteiger partial charge in [0, 0.05) is 12.3 Å². The minimum Gasteiger partial charge on any atom is -0.494 e. The Morgan fingerprint density at radius 1 is 0.789 bits per heavy atom. The Morgan fingerprint density at radius 2 is 1.32 bits per heavy atom. The third-order valence-electron chi connectivity index (χ3n) is 3.20. The molecule has 0 bridgehead atoms.